The van der Waals surface area contributed by atoms with Crippen molar-refractivity contribution in [2.24, 2.45) is 0 Å². The Hall–Kier alpha value is -3.15. The Kier molecular flexibility index (Phi) is 5.93. The number of nitrogens with zero attached hydrogens (tertiary/aromatic N) is 3. The predicted molar refractivity (Wildman–Crippen MR) is 137 cm³/mol. The first-order valence-corrected chi connectivity index (χ1v) is 11.7. The lowest BCUT2D eigenvalue weighted by molar-refractivity contribution is 1.07. The summed E-state index contributed by atoms with van der Waals surface area (Å²) in [6, 6.07) is 34.5. The maximum absolute atomic E-state index is 4.79. The van der Waals surface area contributed by atoms with E-state index in [2.05, 4.69) is 68.3 Å². The number of hydrogen-bond acceptors (Lipinski definition) is 3. The molecule has 0 aliphatic rings. The van der Waals surface area contributed by atoms with Gasteiger partial charge in [-0.15, -0.1) is 0 Å². The van der Waals surface area contributed by atoms with Crippen LogP contribution < -0.4 is 0 Å². The molecule has 3 nitrogen and oxygen atoms in total. The first kappa shape index (κ1) is 20.7. The summed E-state index contributed by atoms with van der Waals surface area (Å²) in [5.74, 6) is 1.98. The molecule has 154 valence electrons. The van der Waals surface area contributed by atoms with Gasteiger partial charge in [0.15, 0.2) is 17.5 Å². The Morgan fingerprint density at radius 1 is 0.375 bits per heavy atom. The van der Waals surface area contributed by atoms with Crippen molar-refractivity contribution < 1.29 is 0 Å². The molecule has 1 aromatic heterocycles. The smallest absolute Gasteiger partial charge is 0.164 e. The molecule has 1 heterocycles. The third-order valence-electron chi connectivity index (χ3n) is 5.04. The van der Waals surface area contributed by atoms with Gasteiger partial charge in [0, 0.05) is 25.6 Å². The largest absolute Gasteiger partial charge is 0.208 e. The van der Waals surface area contributed by atoms with Crippen molar-refractivity contribution in [2.45, 2.75) is 0 Å². The van der Waals surface area contributed by atoms with E-state index in [9.17, 15) is 0 Å². The number of benzene rings is 4. The van der Waals surface area contributed by atoms with Crippen molar-refractivity contribution in [3.8, 4) is 45.3 Å². The maximum Gasteiger partial charge on any atom is 0.164 e. The molecule has 0 aliphatic heterocycles. The minimum atomic E-state index is 0.652. The fourth-order valence-electron chi connectivity index (χ4n) is 3.47. The van der Waals surface area contributed by atoms with Gasteiger partial charge in [-0.25, -0.2) is 15.0 Å². The van der Waals surface area contributed by atoms with Crippen molar-refractivity contribution >= 4 is 31.9 Å². The third-order valence-corrected chi connectivity index (χ3v) is 5.95. The summed E-state index contributed by atoms with van der Waals surface area (Å²) in [6.07, 6.45) is 0. The molecule has 0 bridgehead atoms. The van der Waals surface area contributed by atoms with Gasteiger partial charge >= 0.3 is 0 Å². The average molecular weight is 543 g/mol. The molecule has 5 aromatic rings. The van der Waals surface area contributed by atoms with Gasteiger partial charge in [0.05, 0.1) is 0 Å². The molecule has 0 atom stereocenters. The van der Waals surface area contributed by atoms with Gasteiger partial charge in [0.2, 0.25) is 0 Å². The van der Waals surface area contributed by atoms with E-state index in [-0.39, 0.29) is 0 Å². The summed E-state index contributed by atoms with van der Waals surface area (Å²) in [5, 5.41) is 0. The Balaban J connectivity index is 1.59. The predicted octanol–water partition coefficient (Wildman–Crippen LogP) is 8.06. The average Bonchev–Trinajstić information content (AvgIpc) is 2.84. The monoisotopic (exact) mass is 541 g/mol. The van der Waals surface area contributed by atoms with E-state index in [0.29, 0.717) is 17.5 Å². The lowest BCUT2D eigenvalue weighted by atomic mass is 10.0. The number of rotatable bonds is 4. The Morgan fingerprint density at radius 3 is 1.19 bits per heavy atom. The summed E-state index contributed by atoms with van der Waals surface area (Å²) in [4.78, 5) is 14.3. The molecule has 0 saturated carbocycles. The maximum atomic E-state index is 4.79. The second-order valence-electron chi connectivity index (χ2n) is 7.27. The Morgan fingerprint density at radius 2 is 0.750 bits per heavy atom. The lowest BCUT2D eigenvalue weighted by Crippen LogP contribution is -2.00. The van der Waals surface area contributed by atoms with E-state index >= 15 is 0 Å². The van der Waals surface area contributed by atoms with Crippen LogP contribution in [0.5, 0.6) is 0 Å². The standard InChI is InChI=1S/C27H17Br2N3/c28-23-15-22(16-24(29)17-23)18-11-13-21(14-12-18)27-31-25(19-7-3-1-4-8-19)30-26(32-27)20-9-5-2-6-10-20/h1-17H. The Bertz CT molecular complexity index is 1290. The molecule has 0 aliphatic carbocycles. The number of halogens is 2. The normalized spacial score (nSPS) is 10.8. The van der Waals surface area contributed by atoms with E-state index in [0.717, 1.165) is 36.8 Å². The third kappa shape index (κ3) is 4.54. The van der Waals surface area contributed by atoms with E-state index in [1.54, 1.807) is 0 Å². The first-order chi connectivity index (χ1) is 15.7. The zero-order valence-electron chi connectivity index (χ0n) is 16.9. The molecule has 0 radical (unpaired) electrons. The van der Waals surface area contributed by atoms with Crippen LogP contribution in [-0.2, 0) is 0 Å². The van der Waals surface area contributed by atoms with Gasteiger partial charge < -0.3 is 0 Å². The van der Waals surface area contributed by atoms with Gasteiger partial charge in [-0.3, -0.25) is 0 Å². The molecule has 0 saturated heterocycles. The van der Waals surface area contributed by atoms with Gasteiger partial charge in [0.25, 0.3) is 0 Å². The van der Waals surface area contributed by atoms with Crippen molar-refractivity contribution in [1.82, 2.24) is 15.0 Å². The number of aromatic nitrogens is 3. The molecular weight excluding hydrogens is 526 g/mol. The van der Waals surface area contributed by atoms with Crippen LogP contribution in [0.2, 0.25) is 0 Å². The van der Waals surface area contributed by atoms with Crippen LogP contribution in [0.1, 0.15) is 0 Å². The van der Waals surface area contributed by atoms with Crippen molar-refractivity contribution in [3.63, 3.8) is 0 Å². The van der Waals surface area contributed by atoms with Crippen molar-refractivity contribution in [1.29, 1.82) is 0 Å². The van der Waals surface area contributed by atoms with Crippen LogP contribution in [0, 0.1) is 0 Å². The van der Waals surface area contributed by atoms with Gasteiger partial charge in [-0.05, 0) is 29.3 Å². The second kappa shape index (κ2) is 9.15. The van der Waals surface area contributed by atoms with Crippen LogP contribution in [0.15, 0.2) is 112 Å². The molecule has 4 aromatic carbocycles. The summed E-state index contributed by atoms with van der Waals surface area (Å²) in [5.41, 5.74) is 5.12. The molecule has 0 spiro atoms. The lowest BCUT2D eigenvalue weighted by Gasteiger charge is -2.09. The molecular formula is C27H17Br2N3. The molecule has 0 amide bonds. The van der Waals surface area contributed by atoms with Crippen molar-refractivity contribution in [2.75, 3.05) is 0 Å². The van der Waals surface area contributed by atoms with E-state index in [1.807, 2.05) is 66.7 Å². The van der Waals surface area contributed by atoms with Crippen LogP contribution in [0.3, 0.4) is 0 Å². The molecule has 5 heteroatoms. The van der Waals surface area contributed by atoms with Crippen LogP contribution in [0.4, 0.5) is 0 Å². The van der Waals surface area contributed by atoms with E-state index in [1.165, 1.54) is 0 Å². The SMILES string of the molecule is Brc1cc(Br)cc(-c2ccc(-c3nc(-c4ccccc4)nc(-c4ccccc4)n3)cc2)c1. The highest BCUT2D eigenvalue weighted by Crippen LogP contribution is 2.30. The van der Waals surface area contributed by atoms with Gasteiger partial charge in [0.1, 0.15) is 0 Å². The van der Waals surface area contributed by atoms with Crippen LogP contribution in [-0.4, -0.2) is 15.0 Å². The fraction of sp³-hybridized carbons (Fsp3) is 0. The minimum Gasteiger partial charge on any atom is -0.208 e. The summed E-state index contributed by atoms with van der Waals surface area (Å²) >= 11 is 7.13. The molecule has 0 unspecified atom stereocenters. The Labute approximate surface area is 203 Å². The second-order valence-corrected chi connectivity index (χ2v) is 9.11. The van der Waals surface area contributed by atoms with E-state index < -0.39 is 0 Å². The zero-order valence-corrected chi connectivity index (χ0v) is 20.1. The molecule has 5 rings (SSSR count). The first-order valence-electron chi connectivity index (χ1n) is 10.1. The van der Waals surface area contributed by atoms with Gasteiger partial charge in [-0.2, -0.15) is 0 Å². The summed E-state index contributed by atoms with van der Waals surface area (Å²) in [6.45, 7) is 0. The summed E-state index contributed by atoms with van der Waals surface area (Å²) < 4.78 is 2.06. The van der Waals surface area contributed by atoms with Gasteiger partial charge in [-0.1, -0.05) is 117 Å². The van der Waals surface area contributed by atoms with Crippen LogP contribution in [0.25, 0.3) is 45.3 Å². The van der Waals surface area contributed by atoms with E-state index in [4.69, 9.17) is 15.0 Å². The van der Waals surface area contributed by atoms with Crippen LogP contribution >= 0.6 is 31.9 Å². The quantitative estimate of drug-likeness (QED) is 0.230. The zero-order chi connectivity index (χ0) is 21.9. The topological polar surface area (TPSA) is 38.7 Å². The summed E-state index contributed by atoms with van der Waals surface area (Å²) in [7, 11) is 0. The highest BCUT2D eigenvalue weighted by atomic mass is 79.9. The molecule has 0 fully saturated rings. The fourth-order valence-corrected chi connectivity index (χ4v) is 4.76. The van der Waals surface area contributed by atoms with Crippen molar-refractivity contribution in [3.05, 3.63) is 112 Å². The molecule has 32 heavy (non-hydrogen) atoms. The molecule has 0 N–H and O–H groups in total. The highest BCUT2D eigenvalue weighted by molar-refractivity contribution is 9.11. The highest BCUT2D eigenvalue weighted by Gasteiger charge is 2.12. The number of hydrogen-bond donors (Lipinski definition) is 0. The minimum absolute atomic E-state index is 0.652.